The summed E-state index contributed by atoms with van der Waals surface area (Å²) in [6.45, 7) is 8.85. The van der Waals surface area contributed by atoms with Crippen LogP contribution in [0.1, 0.15) is 71.2 Å². The first-order valence-electron chi connectivity index (χ1n) is 8.04. The maximum Gasteiger partial charge on any atom is 0.229 e. The summed E-state index contributed by atoms with van der Waals surface area (Å²) >= 11 is 0. The number of hydrogen-bond donors (Lipinski definition) is 1. The molecule has 1 aliphatic carbocycles. The van der Waals surface area contributed by atoms with Crippen LogP contribution in [0.25, 0.3) is 0 Å². The van der Waals surface area contributed by atoms with Crippen LogP contribution < -0.4 is 0 Å². The minimum atomic E-state index is -0.374. The van der Waals surface area contributed by atoms with Crippen molar-refractivity contribution in [3.8, 4) is 0 Å². The highest BCUT2D eigenvalue weighted by Crippen LogP contribution is 2.35. The average molecular weight is 296 g/mol. The standard InChI is InChI=1S/C16H28N2O3/c1-5-20-14(16(2,3)4)15-17-13(21-18-15)10-12(19)11-8-6-7-9-11/h11-12,14,19H,5-10H2,1-4H3. The van der Waals surface area contributed by atoms with E-state index in [0.717, 1.165) is 12.8 Å². The molecule has 0 aromatic carbocycles. The normalized spacial score (nSPS) is 19.9. The summed E-state index contributed by atoms with van der Waals surface area (Å²) in [5, 5.41) is 14.3. The van der Waals surface area contributed by atoms with Crippen molar-refractivity contribution in [2.45, 2.75) is 72.0 Å². The molecule has 21 heavy (non-hydrogen) atoms. The highest BCUT2D eigenvalue weighted by molar-refractivity contribution is 4.97. The number of aliphatic hydroxyl groups is 1. The third kappa shape index (κ3) is 4.27. The van der Waals surface area contributed by atoms with Gasteiger partial charge in [-0.15, -0.1) is 0 Å². The van der Waals surface area contributed by atoms with Gasteiger partial charge in [-0.1, -0.05) is 38.8 Å². The molecule has 1 aromatic heterocycles. The molecule has 1 aliphatic rings. The van der Waals surface area contributed by atoms with E-state index in [2.05, 4.69) is 30.9 Å². The van der Waals surface area contributed by atoms with E-state index in [1.165, 1.54) is 12.8 Å². The number of aromatic nitrogens is 2. The van der Waals surface area contributed by atoms with Crippen LogP contribution >= 0.6 is 0 Å². The third-order valence-corrected chi connectivity index (χ3v) is 4.17. The topological polar surface area (TPSA) is 68.4 Å². The SMILES string of the molecule is CCOC(c1noc(CC(O)C2CCCC2)n1)C(C)(C)C. The van der Waals surface area contributed by atoms with Gasteiger partial charge in [0.1, 0.15) is 6.10 Å². The molecule has 1 N–H and O–H groups in total. The second kappa shape index (κ2) is 6.88. The highest BCUT2D eigenvalue weighted by Gasteiger charge is 2.32. The Hall–Kier alpha value is -0.940. The number of hydrogen-bond acceptors (Lipinski definition) is 5. The van der Waals surface area contributed by atoms with Crippen molar-refractivity contribution in [3.63, 3.8) is 0 Å². The Labute approximate surface area is 127 Å². The van der Waals surface area contributed by atoms with Crippen LogP contribution in [-0.2, 0) is 11.2 Å². The fourth-order valence-electron chi connectivity index (χ4n) is 3.02. The van der Waals surface area contributed by atoms with Crippen molar-refractivity contribution < 1.29 is 14.4 Å². The van der Waals surface area contributed by atoms with Gasteiger partial charge in [0.05, 0.1) is 12.5 Å². The van der Waals surface area contributed by atoms with Gasteiger partial charge in [-0.25, -0.2) is 0 Å². The Morgan fingerprint density at radius 2 is 2.00 bits per heavy atom. The fourth-order valence-corrected chi connectivity index (χ4v) is 3.02. The van der Waals surface area contributed by atoms with Crippen LogP contribution in [0.3, 0.4) is 0 Å². The molecule has 2 unspecified atom stereocenters. The predicted molar refractivity (Wildman–Crippen MR) is 79.8 cm³/mol. The maximum absolute atomic E-state index is 10.3. The molecule has 1 heterocycles. The van der Waals surface area contributed by atoms with Crippen molar-refractivity contribution in [1.29, 1.82) is 0 Å². The Kier molecular flexibility index (Phi) is 5.38. The number of ether oxygens (including phenoxy) is 1. The van der Waals surface area contributed by atoms with E-state index in [4.69, 9.17) is 9.26 Å². The zero-order valence-electron chi connectivity index (χ0n) is 13.6. The molecule has 1 aromatic rings. The van der Waals surface area contributed by atoms with Gasteiger partial charge in [0, 0.05) is 6.61 Å². The van der Waals surface area contributed by atoms with Gasteiger partial charge < -0.3 is 14.4 Å². The highest BCUT2D eigenvalue weighted by atomic mass is 16.5. The first-order valence-corrected chi connectivity index (χ1v) is 8.04. The minimum absolute atomic E-state index is 0.0960. The molecule has 1 fully saturated rings. The first-order chi connectivity index (χ1) is 9.91. The molecule has 2 atom stereocenters. The molecule has 2 rings (SSSR count). The van der Waals surface area contributed by atoms with E-state index in [0.29, 0.717) is 30.7 Å². The van der Waals surface area contributed by atoms with Crippen LogP contribution in [-0.4, -0.2) is 28.0 Å². The lowest BCUT2D eigenvalue weighted by molar-refractivity contribution is -0.0203. The average Bonchev–Trinajstić information content (AvgIpc) is 3.05. The molecule has 5 heteroatoms. The second-order valence-electron chi connectivity index (χ2n) is 7.06. The number of nitrogens with zero attached hydrogens (tertiary/aromatic N) is 2. The summed E-state index contributed by atoms with van der Waals surface area (Å²) in [7, 11) is 0. The molecule has 0 bridgehead atoms. The molecule has 5 nitrogen and oxygen atoms in total. The Morgan fingerprint density at radius 1 is 1.33 bits per heavy atom. The van der Waals surface area contributed by atoms with Crippen LogP contribution in [0.15, 0.2) is 4.52 Å². The Balaban J connectivity index is 2.02. The van der Waals surface area contributed by atoms with Crippen LogP contribution in [0, 0.1) is 11.3 Å². The molecular formula is C16H28N2O3. The Bertz CT molecular complexity index is 433. The zero-order valence-corrected chi connectivity index (χ0v) is 13.6. The van der Waals surface area contributed by atoms with Crippen LogP contribution in [0.2, 0.25) is 0 Å². The number of rotatable bonds is 6. The fraction of sp³-hybridized carbons (Fsp3) is 0.875. The van der Waals surface area contributed by atoms with Crippen molar-refractivity contribution in [1.82, 2.24) is 10.1 Å². The summed E-state index contributed by atoms with van der Waals surface area (Å²) in [4.78, 5) is 4.44. The molecule has 120 valence electrons. The lowest BCUT2D eigenvalue weighted by atomic mass is 9.88. The molecule has 1 saturated carbocycles. The molecule has 0 amide bonds. The zero-order chi connectivity index (χ0) is 15.5. The van der Waals surface area contributed by atoms with Crippen LogP contribution in [0.4, 0.5) is 0 Å². The molecular weight excluding hydrogens is 268 g/mol. The predicted octanol–water partition coefficient (Wildman–Crippen LogP) is 3.29. The molecule has 0 aliphatic heterocycles. The van der Waals surface area contributed by atoms with Gasteiger partial charge in [0.2, 0.25) is 11.7 Å². The van der Waals surface area contributed by atoms with E-state index in [1.54, 1.807) is 0 Å². The molecule has 0 saturated heterocycles. The minimum Gasteiger partial charge on any atom is -0.392 e. The van der Waals surface area contributed by atoms with Crippen molar-refractivity contribution in [2.24, 2.45) is 11.3 Å². The molecule has 0 radical (unpaired) electrons. The summed E-state index contributed by atoms with van der Waals surface area (Å²) in [5.41, 5.74) is -0.0960. The summed E-state index contributed by atoms with van der Waals surface area (Å²) in [6, 6.07) is 0. The monoisotopic (exact) mass is 296 g/mol. The lowest BCUT2D eigenvalue weighted by Gasteiger charge is -2.27. The summed E-state index contributed by atoms with van der Waals surface area (Å²) in [6.07, 6.45) is 4.52. The van der Waals surface area contributed by atoms with E-state index in [1.807, 2.05) is 6.92 Å². The van der Waals surface area contributed by atoms with E-state index in [9.17, 15) is 5.11 Å². The van der Waals surface area contributed by atoms with Gasteiger partial charge in [0.25, 0.3) is 0 Å². The first kappa shape index (κ1) is 16.4. The van der Waals surface area contributed by atoms with Gasteiger partial charge in [-0.05, 0) is 31.1 Å². The summed E-state index contributed by atoms with van der Waals surface area (Å²) < 4.78 is 11.1. The smallest absolute Gasteiger partial charge is 0.229 e. The van der Waals surface area contributed by atoms with E-state index in [-0.39, 0.29) is 17.6 Å². The van der Waals surface area contributed by atoms with Gasteiger partial charge in [-0.3, -0.25) is 0 Å². The largest absolute Gasteiger partial charge is 0.392 e. The quantitative estimate of drug-likeness (QED) is 0.872. The second-order valence-corrected chi connectivity index (χ2v) is 7.06. The Morgan fingerprint density at radius 3 is 2.57 bits per heavy atom. The third-order valence-electron chi connectivity index (χ3n) is 4.17. The van der Waals surface area contributed by atoms with E-state index < -0.39 is 0 Å². The molecule has 0 spiro atoms. The van der Waals surface area contributed by atoms with E-state index >= 15 is 0 Å². The van der Waals surface area contributed by atoms with Crippen LogP contribution in [0.5, 0.6) is 0 Å². The van der Waals surface area contributed by atoms with Gasteiger partial charge in [0.15, 0.2) is 0 Å². The number of aliphatic hydroxyl groups excluding tert-OH is 1. The summed E-state index contributed by atoms with van der Waals surface area (Å²) in [5.74, 6) is 1.47. The van der Waals surface area contributed by atoms with Crippen molar-refractivity contribution in [2.75, 3.05) is 6.61 Å². The van der Waals surface area contributed by atoms with Gasteiger partial charge in [-0.2, -0.15) is 4.98 Å². The van der Waals surface area contributed by atoms with Crippen molar-refractivity contribution in [3.05, 3.63) is 11.7 Å². The van der Waals surface area contributed by atoms with Crippen molar-refractivity contribution >= 4 is 0 Å². The lowest BCUT2D eigenvalue weighted by Crippen LogP contribution is -2.23. The van der Waals surface area contributed by atoms with Gasteiger partial charge >= 0.3 is 0 Å². The maximum atomic E-state index is 10.3.